The fourth-order valence-electron chi connectivity index (χ4n) is 2.23. The van der Waals surface area contributed by atoms with Gasteiger partial charge in [-0.25, -0.2) is 0 Å². The summed E-state index contributed by atoms with van der Waals surface area (Å²) in [5.74, 6) is 1.55. The highest BCUT2D eigenvalue weighted by Gasteiger charge is 2.26. The van der Waals surface area contributed by atoms with E-state index < -0.39 is 6.04 Å². The molecule has 0 amide bonds. The highest BCUT2D eigenvalue weighted by atomic mass is 35.5. The molecule has 3 N–H and O–H groups in total. The minimum absolute atomic E-state index is 0.154. The average molecular weight is 272 g/mol. The summed E-state index contributed by atoms with van der Waals surface area (Å²) in [5.41, 5.74) is 7.61. The summed E-state index contributed by atoms with van der Waals surface area (Å²) in [6, 6.07) is 1.21. The molecule has 2 rings (SSSR count). The number of nitrogens with two attached hydrogens (primary N) is 1. The van der Waals surface area contributed by atoms with Gasteiger partial charge in [0.05, 0.1) is 12.6 Å². The minimum atomic E-state index is -0.509. The van der Waals surface area contributed by atoms with E-state index >= 15 is 0 Å². The van der Waals surface area contributed by atoms with E-state index in [2.05, 4.69) is 0 Å². The third-order valence-corrected chi connectivity index (χ3v) is 3.32. The molecule has 0 aromatic heterocycles. The number of hydrogen-bond acceptors (Lipinski definition) is 4. The van der Waals surface area contributed by atoms with E-state index in [1.165, 1.54) is 0 Å². The van der Waals surface area contributed by atoms with Gasteiger partial charge in [0.1, 0.15) is 13.2 Å². The van der Waals surface area contributed by atoms with E-state index in [1.54, 1.807) is 6.07 Å². The summed E-state index contributed by atoms with van der Waals surface area (Å²) in [5, 5.41) is 9.79. The number of aliphatic hydroxyl groups excluding tert-OH is 1. The molecule has 1 atom stereocenters. The topological polar surface area (TPSA) is 64.7 Å². The Morgan fingerprint density at radius 3 is 2.61 bits per heavy atom. The summed E-state index contributed by atoms with van der Waals surface area (Å²) in [6.45, 7) is 4.96. The predicted molar refractivity (Wildman–Crippen MR) is 70.5 cm³/mol. The van der Waals surface area contributed by atoms with Gasteiger partial charge in [0.15, 0.2) is 11.5 Å². The fraction of sp³-hybridized carbons (Fsp3) is 0.538. The molecule has 0 bridgehead atoms. The molecule has 1 unspecified atom stereocenters. The predicted octanol–water partition coefficient (Wildman–Crippen LogP) is 2.23. The Morgan fingerprint density at radius 1 is 1.33 bits per heavy atom. The quantitative estimate of drug-likeness (QED) is 0.885. The highest BCUT2D eigenvalue weighted by Crippen LogP contribution is 2.45. The van der Waals surface area contributed by atoms with E-state index in [4.69, 9.17) is 26.8 Å². The van der Waals surface area contributed by atoms with Crippen LogP contribution >= 0.6 is 11.6 Å². The molecule has 0 saturated carbocycles. The van der Waals surface area contributed by atoms with Crippen LogP contribution in [0.1, 0.15) is 36.9 Å². The summed E-state index contributed by atoms with van der Waals surface area (Å²) >= 11 is 6.26. The monoisotopic (exact) mass is 271 g/mol. The summed E-state index contributed by atoms with van der Waals surface area (Å²) in [6.07, 6.45) is 0. The Morgan fingerprint density at radius 2 is 2.00 bits per heavy atom. The molecule has 5 heteroatoms. The zero-order chi connectivity index (χ0) is 13.3. The number of aliphatic hydroxyl groups is 1. The van der Waals surface area contributed by atoms with Crippen molar-refractivity contribution >= 4 is 11.6 Å². The van der Waals surface area contributed by atoms with Crippen molar-refractivity contribution in [3.63, 3.8) is 0 Å². The maximum Gasteiger partial charge on any atom is 0.165 e. The van der Waals surface area contributed by atoms with Crippen molar-refractivity contribution < 1.29 is 14.6 Å². The van der Waals surface area contributed by atoms with E-state index in [1.807, 2.05) is 13.8 Å². The van der Waals surface area contributed by atoms with Crippen LogP contribution in [0.5, 0.6) is 11.5 Å². The van der Waals surface area contributed by atoms with Crippen molar-refractivity contribution in [2.75, 3.05) is 19.8 Å². The molecule has 0 aliphatic carbocycles. The molecule has 1 aromatic rings. The third kappa shape index (κ3) is 2.28. The van der Waals surface area contributed by atoms with E-state index in [0.717, 1.165) is 11.1 Å². The second-order valence-electron chi connectivity index (χ2n) is 4.65. The Kier molecular flexibility index (Phi) is 4.00. The lowest BCUT2D eigenvalue weighted by Crippen LogP contribution is -2.22. The lowest BCUT2D eigenvalue weighted by Gasteiger charge is -2.27. The largest absolute Gasteiger partial charge is 0.486 e. The smallest absolute Gasteiger partial charge is 0.165 e. The summed E-state index contributed by atoms with van der Waals surface area (Å²) < 4.78 is 11.2. The van der Waals surface area contributed by atoms with Crippen LogP contribution in [0.2, 0.25) is 5.02 Å². The number of halogens is 1. The first-order valence-corrected chi connectivity index (χ1v) is 6.42. The number of fused-ring (bicyclic) bond motifs is 1. The molecule has 4 nitrogen and oxygen atoms in total. The molecule has 1 aliphatic rings. The maximum absolute atomic E-state index is 9.27. The second kappa shape index (κ2) is 5.34. The molecule has 1 aromatic carbocycles. The van der Waals surface area contributed by atoms with Gasteiger partial charge in [0.2, 0.25) is 0 Å². The lowest BCUT2D eigenvalue weighted by atomic mass is 9.91. The first-order chi connectivity index (χ1) is 8.56. The van der Waals surface area contributed by atoms with Crippen molar-refractivity contribution in [3.05, 3.63) is 22.2 Å². The first kappa shape index (κ1) is 13.5. The van der Waals surface area contributed by atoms with Gasteiger partial charge in [-0.05, 0) is 11.5 Å². The SMILES string of the molecule is CC(C)c1c2c(cc(Cl)c1C(N)CO)OCCO2. The molecular weight excluding hydrogens is 254 g/mol. The molecule has 0 fully saturated rings. The van der Waals surface area contributed by atoms with Crippen molar-refractivity contribution in [2.45, 2.75) is 25.8 Å². The van der Waals surface area contributed by atoms with E-state index in [0.29, 0.717) is 29.7 Å². The Bertz CT molecular complexity index is 448. The van der Waals surface area contributed by atoms with E-state index in [-0.39, 0.29) is 12.5 Å². The summed E-state index contributed by atoms with van der Waals surface area (Å²) in [4.78, 5) is 0. The van der Waals surface area contributed by atoms with Crippen LogP contribution in [-0.4, -0.2) is 24.9 Å². The van der Waals surface area contributed by atoms with Gasteiger partial charge in [0, 0.05) is 16.7 Å². The number of rotatable bonds is 3. The Balaban J connectivity index is 2.64. The Labute approximate surface area is 112 Å². The zero-order valence-electron chi connectivity index (χ0n) is 10.6. The minimum Gasteiger partial charge on any atom is -0.486 e. The zero-order valence-corrected chi connectivity index (χ0v) is 11.3. The molecule has 100 valence electrons. The molecule has 1 heterocycles. The molecule has 1 aliphatic heterocycles. The van der Waals surface area contributed by atoms with Crippen LogP contribution < -0.4 is 15.2 Å². The van der Waals surface area contributed by atoms with Crippen LogP contribution in [0.15, 0.2) is 6.07 Å². The normalized spacial score (nSPS) is 15.9. The molecule has 0 spiro atoms. The molecule has 0 saturated heterocycles. The third-order valence-electron chi connectivity index (χ3n) is 3.01. The van der Waals surface area contributed by atoms with Crippen LogP contribution in [0.25, 0.3) is 0 Å². The van der Waals surface area contributed by atoms with Crippen LogP contribution in [0, 0.1) is 0 Å². The van der Waals surface area contributed by atoms with Gasteiger partial charge in [-0.3, -0.25) is 0 Å². The van der Waals surface area contributed by atoms with Crippen LogP contribution in [0.3, 0.4) is 0 Å². The number of ether oxygens (including phenoxy) is 2. The maximum atomic E-state index is 9.27. The van der Waals surface area contributed by atoms with Crippen molar-refractivity contribution in [3.8, 4) is 11.5 Å². The molecular formula is C13H18ClNO3. The molecule has 18 heavy (non-hydrogen) atoms. The number of benzene rings is 1. The van der Waals surface area contributed by atoms with Crippen LogP contribution in [-0.2, 0) is 0 Å². The van der Waals surface area contributed by atoms with Crippen molar-refractivity contribution in [2.24, 2.45) is 5.73 Å². The number of hydrogen-bond donors (Lipinski definition) is 2. The molecule has 0 radical (unpaired) electrons. The summed E-state index contributed by atoms with van der Waals surface area (Å²) in [7, 11) is 0. The highest BCUT2D eigenvalue weighted by molar-refractivity contribution is 6.31. The van der Waals surface area contributed by atoms with Crippen molar-refractivity contribution in [1.29, 1.82) is 0 Å². The Hall–Kier alpha value is -0.970. The lowest BCUT2D eigenvalue weighted by molar-refractivity contribution is 0.168. The van der Waals surface area contributed by atoms with Gasteiger partial charge in [-0.1, -0.05) is 25.4 Å². The first-order valence-electron chi connectivity index (χ1n) is 6.04. The van der Waals surface area contributed by atoms with Gasteiger partial charge in [0.25, 0.3) is 0 Å². The van der Waals surface area contributed by atoms with Gasteiger partial charge >= 0.3 is 0 Å². The average Bonchev–Trinajstić information content (AvgIpc) is 2.35. The van der Waals surface area contributed by atoms with Gasteiger partial charge in [-0.15, -0.1) is 0 Å². The van der Waals surface area contributed by atoms with Gasteiger partial charge < -0.3 is 20.3 Å². The van der Waals surface area contributed by atoms with Crippen LogP contribution in [0.4, 0.5) is 0 Å². The second-order valence-corrected chi connectivity index (χ2v) is 5.06. The van der Waals surface area contributed by atoms with E-state index in [9.17, 15) is 5.11 Å². The van der Waals surface area contributed by atoms with Crippen molar-refractivity contribution in [1.82, 2.24) is 0 Å². The fourth-order valence-corrected chi connectivity index (χ4v) is 2.58. The van der Waals surface area contributed by atoms with Gasteiger partial charge in [-0.2, -0.15) is 0 Å². The standard InChI is InChI=1S/C13H18ClNO3/c1-7(2)11-12(9(15)6-16)8(14)5-10-13(11)18-4-3-17-10/h5,7,9,16H,3-4,6,15H2,1-2H3.